The van der Waals surface area contributed by atoms with E-state index >= 15 is 0 Å². The van der Waals surface area contributed by atoms with Crippen molar-refractivity contribution in [1.29, 1.82) is 0 Å². The maximum atomic E-state index is 13.0. The van der Waals surface area contributed by atoms with Crippen molar-refractivity contribution in [2.45, 2.75) is 51.0 Å². The molecular formula is C27H32N4O2. The molecule has 4 rings (SSSR count). The molecule has 2 amide bonds. The number of benzene rings is 1. The molecule has 1 unspecified atom stereocenters. The molecule has 1 fully saturated rings. The van der Waals surface area contributed by atoms with Crippen molar-refractivity contribution in [3.05, 3.63) is 59.3 Å². The summed E-state index contributed by atoms with van der Waals surface area (Å²) in [4.78, 5) is 31.6. The molecular weight excluding hydrogens is 412 g/mol. The van der Waals surface area contributed by atoms with Crippen molar-refractivity contribution in [2.75, 3.05) is 25.5 Å². The fraction of sp³-hybridized carbons (Fsp3) is 0.444. The first-order chi connectivity index (χ1) is 16.0. The Kier molecular flexibility index (Phi) is 7.10. The summed E-state index contributed by atoms with van der Waals surface area (Å²) < 4.78 is 0. The first-order valence-corrected chi connectivity index (χ1v) is 11.8. The summed E-state index contributed by atoms with van der Waals surface area (Å²) in [5.74, 6) is 7.00. The minimum Gasteiger partial charge on any atom is -0.333 e. The smallest absolute Gasteiger partial charge is 0.243 e. The number of likely N-dealkylation sites (N-methyl/N-ethyl adjacent to an activating group) is 2. The van der Waals surface area contributed by atoms with Crippen LogP contribution in [-0.4, -0.2) is 47.4 Å². The topological polar surface area (TPSA) is 74.3 Å². The van der Waals surface area contributed by atoms with E-state index < -0.39 is 5.54 Å². The summed E-state index contributed by atoms with van der Waals surface area (Å²) >= 11 is 0. The van der Waals surface area contributed by atoms with E-state index in [9.17, 15) is 9.59 Å². The van der Waals surface area contributed by atoms with Crippen LogP contribution in [0, 0.1) is 17.8 Å². The van der Waals surface area contributed by atoms with Crippen molar-refractivity contribution >= 4 is 17.6 Å². The van der Waals surface area contributed by atoms with Crippen molar-refractivity contribution in [1.82, 2.24) is 15.2 Å². The maximum Gasteiger partial charge on any atom is 0.243 e. The van der Waals surface area contributed by atoms with E-state index in [1.807, 2.05) is 32.2 Å². The second kappa shape index (κ2) is 10.2. The number of hydrogen-bond acceptors (Lipinski definition) is 4. The fourth-order valence-corrected chi connectivity index (χ4v) is 5.03. The van der Waals surface area contributed by atoms with Crippen LogP contribution in [0.5, 0.6) is 0 Å². The van der Waals surface area contributed by atoms with E-state index in [0.717, 1.165) is 44.2 Å². The van der Waals surface area contributed by atoms with Crippen molar-refractivity contribution < 1.29 is 9.59 Å². The van der Waals surface area contributed by atoms with Gasteiger partial charge in [0.05, 0.1) is 12.1 Å². The molecule has 2 aliphatic carbocycles. The number of nitrogens with zero attached hydrogens (tertiary/aromatic N) is 2. The second-order valence-electron chi connectivity index (χ2n) is 9.08. The van der Waals surface area contributed by atoms with Gasteiger partial charge in [0.1, 0.15) is 5.82 Å². The number of nitrogens with one attached hydrogen (secondary N) is 2. The predicted molar refractivity (Wildman–Crippen MR) is 130 cm³/mol. The Morgan fingerprint density at radius 3 is 2.67 bits per heavy atom. The van der Waals surface area contributed by atoms with E-state index in [2.05, 4.69) is 39.6 Å². The highest BCUT2D eigenvalue weighted by Crippen LogP contribution is 2.31. The minimum absolute atomic E-state index is 0.000739. The molecule has 1 aromatic heterocycles. The van der Waals surface area contributed by atoms with Gasteiger partial charge in [-0.25, -0.2) is 4.98 Å². The molecule has 0 bridgehead atoms. The van der Waals surface area contributed by atoms with Crippen LogP contribution in [0.1, 0.15) is 49.3 Å². The normalized spacial score (nSPS) is 18.2. The molecule has 1 aromatic carbocycles. The third-order valence-corrected chi connectivity index (χ3v) is 6.70. The number of amides is 2. The minimum atomic E-state index is -0.413. The highest BCUT2D eigenvalue weighted by atomic mass is 16.2. The lowest BCUT2D eigenvalue weighted by Crippen LogP contribution is -2.55. The third-order valence-electron chi connectivity index (χ3n) is 6.70. The van der Waals surface area contributed by atoms with Crippen LogP contribution in [0.15, 0.2) is 42.6 Å². The summed E-state index contributed by atoms with van der Waals surface area (Å²) in [6.45, 7) is 3.24. The molecule has 33 heavy (non-hydrogen) atoms. The van der Waals surface area contributed by atoms with Gasteiger partial charge in [-0.2, -0.15) is 0 Å². The molecule has 1 heterocycles. The summed E-state index contributed by atoms with van der Waals surface area (Å²) in [6, 6.07) is 11.6. The Bertz CT molecular complexity index is 1060. The average Bonchev–Trinajstić information content (AvgIpc) is 3.47. The molecule has 2 N–H and O–H groups in total. The van der Waals surface area contributed by atoms with Gasteiger partial charge in [-0.05, 0) is 67.6 Å². The third kappa shape index (κ3) is 5.26. The number of aromatic nitrogens is 1. The maximum absolute atomic E-state index is 13.0. The SMILES string of the molecule is CCNC1(C(=O)N(C)CC#Cc2ccc3c(c2)CC(C(=O)Nc2ccccn2)C3)CCCC1. The van der Waals surface area contributed by atoms with E-state index in [-0.39, 0.29) is 17.7 Å². The van der Waals surface area contributed by atoms with Gasteiger partial charge >= 0.3 is 0 Å². The molecule has 0 aliphatic heterocycles. The zero-order chi connectivity index (χ0) is 23.3. The lowest BCUT2D eigenvalue weighted by atomic mass is 9.95. The largest absolute Gasteiger partial charge is 0.333 e. The molecule has 0 radical (unpaired) electrons. The highest BCUT2D eigenvalue weighted by Gasteiger charge is 2.41. The fourth-order valence-electron chi connectivity index (χ4n) is 5.03. The first-order valence-electron chi connectivity index (χ1n) is 11.8. The van der Waals surface area contributed by atoms with Crippen LogP contribution >= 0.6 is 0 Å². The molecule has 1 atom stereocenters. The lowest BCUT2D eigenvalue weighted by Gasteiger charge is -2.32. The average molecular weight is 445 g/mol. The van der Waals surface area contributed by atoms with Crippen LogP contribution in [0.4, 0.5) is 5.82 Å². The molecule has 2 aliphatic rings. The Morgan fingerprint density at radius 2 is 1.94 bits per heavy atom. The van der Waals surface area contributed by atoms with E-state index in [1.165, 1.54) is 11.1 Å². The lowest BCUT2D eigenvalue weighted by molar-refractivity contribution is -0.136. The second-order valence-corrected chi connectivity index (χ2v) is 9.08. The van der Waals surface area contributed by atoms with Gasteiger partial charge in [-0.1, -0.05) is 43.7 Å². The number of carbonyl (C=O) groups is 2. The van der Waals surface area contributed by atoms with Crippen LogP contribution < -0.4 is 10.6 Å². The molecule has 6 nitrogen and oxygen atoms in total. The molecule has 172 valence electrons. The molecule has 0 spiro atoms. The van der Waals surface area contributed by atoms with Gasteiger partial charge in [0, 0.05) is 24.7 Å². The Morgan fingerprint density at radius 1 is 1.15 bits per heavy atom. The quantitative estimate of drug-likeness (QED) is 0.672. The highest BCUT2D eigenvalue weighted by molar-refractivity contribution is 5.92. The van der Waals surface area contributed by atoms with Gasteiger partial charge < -0.3 is 15.5 Å². The monoisotopic (exact) mass is 444 g/mol. The van der Waals surface area contributed by atoms with E-state index in [4.69, 9.17) is 0 Å². The van der Waals surface area contributed by atoms with Gasteiger partial charge in [0.2, 0.25) is 11.8 Å². The van der Waals surface area contributed by atoms with E-state index in [1.54, 1.807) is 17.2 Å². The van der Waals surface area contributed by atoms with Crippen LogP contribution in [0.25, 0.3) is 0 Å². The zero-order valence-electron chi connectivity index (χ0n) is 19.5. The number of rotatable bonds is 6. The predicted octanol–water partition coefficient (Wildman–Crippen LogP) is 3.17. The molecule has 0 saturated heterocycles. The molecule has 2 aromatic rings. The number of anilines is 1. The summed E-state index contributed by atoms with van der Waals surface area (Å²) in [7, 11) is 1.84. The Hall–Kier alpha value is -3.17. The summed E-state index contributed by atoms with van der Waals surface area (Å²) in [5, 5.41) is 6.33. The van der Waals surface area contributed by atoms with Gasteiger partial charge in [0.25, 0.3) is 0 Å². The van der Waals surface area contributed by atoms with Gasteiger partial charge in [-0.3, -0.25) is 9.59 Å². The van der Waals surface area contributed by atoms with Crippen LogP contribution in [0.2, 0.25) is 0 Å². The summed E-state index contributed by atoms with van der Waals surface area (Å²) in [5.41, 5.74) is 2.87. The van der Waals surface area contributed by atoms with Crippen LogP contribution in [0.3, 0.4) is 0 Å². The Balaban J connectivity index is 1.35. The standard InChI is InChI=1S/C27H32N4O2/c1-3-29-27(13-5-6-14-27)26(33)31(2)16-8-9-20-11-12-21-18-23(19-22(21)17-20)25(32)30-24-10-4-7-15-28-24/h4,7,10-12,15,17,23,29H,3,5-6,13-14,16,18-19H2,1-2H3,(H,28,30,32). The Labute approximate surface area is 196 Å². The van der Waals surface area contributed by atoms with Crippen molar-refractivity contribution in [3.8, 4) is 11.8 Å². The number of hydrogen-bond donors (Lipinski definition) is 2. The van der Waals surface area contributed by atoms with Gasteiger partial charge in [0.15, 0.2) is 0 Å². The van der Waals surface area contributed by atoms with Crippen molar-refractivity contribution in [2.24, 2.45) is 5.92 Å². The van der Waals surface area contributed by atoms with Crippen LogP contribution in [-0.2, 0) is 22.4 Å². The van der Waals surface area contributed by atoms with Gasteiger partial charge in [-0.15, -0.1) is 0 Å². The number of fused-ring (bicyclic) bond motifs is 1. The molecule has 1 saturated carbocycles. The number of carbonyl (C=O) groups excluding carboxylic acids is 2. The van der Waals surface area contributed by atoms with E-state index in [0.29, 0.717) is 18.8 Å². The molecule has 6 heteroatoms. The zero-order valence-corrected chi connectivity index (χ0v) is 19.5. The van der Waals surface area contributed by atoms with Crippen molar-refractivity contribution in [3.63, 3.8) is 0 Å². The number of pyridine rings is 1. The first kappa shape index (κ1) is 23.0. The summed E-state index contributed by atoms with van der Waals surface area (Å²) in [6.07, 6.45) is 7.08.